The highest BCUT2D eigenvalue weighted by Crippen LogP contribution is 2.27. The number of halogens is 4. The lowest BCUT2D eigenvalue weighted by atomic mass is 10.3. The Morgan fingerprint density at radius 1 is 1.47 bits per heavy atom. The molecule has 104 valence electrons. The van der Waals surface area contributed by atoms with Crippen LogP contribution in [0, 0.1) is 10.1 Å². The van der Waals surface area contributed by atoms with Gasteiger partial charge < -0.3 is 4.74 Å². The number of nitrogens with one attached hydrogen (secondary N) is 1. The number of nitrogens with zero attached hydrogens (tertiary/aromatic N) is 1. The van der Waals surface area contributed by atoms with E-state index in [9.17, 15) is 28.1 Å². The summed E-state index contributed by atoms with van der Waals surface area (Å²) in [6.07, 6.45) is -5.93. The zero-order valence-electron chi connectivity index (χ0n) is 9.03. The predicted molar refractivity (Wildman–Crippen MR) is 61.8 cm³/mol. The number of carbonyl (C=O) groups is 1. The third-order valence-corrected chi connectivity index (χ3v) is 2.42. The first-order chi connectivity index (χ1) is 8.69. The number of nitro benzene ring substituents is 1. The molecule has 0 heterocycles. The molecule has 0 atom stereocenters. The molecule has 1 rings (SSSR count). The van der Waals surface area contributed by atoms with E-state index < -0.39 is 23.8 Å². The summed E-state index contributed by atoms with van der Waals surface area (Å²) in [7, 11) is 0. The number of amides is 1. The summed E-state index contributed by atoms with van der Waals surface area (Å²) < 4.78 is 39.4. The number of hydrogen-bond acceptors (Lipinski definition) is 4. The van der Waals surface area contributed by atoms with Crippen molar-refractivity contribution in [1.29, 1.82) is 0 Å². The molecule has 19 heavy (non-hydrogen) atoms. The second-order valence-electron chi connectivity index (χ2n) is 3.24. The van der Waals surface area contributed by atoms with Gasteiger partial charge in [-0.1, -0.05) is 0 Å². The number of anilines is 1. The molecule has 0 fully saturated rings. The number of hydrogen-bond donors (Lipinski definition) is 1. The highest BCUT2D eigenvalue weighted by molar-refractivity contribution is 9.10. The molecule has 1 aromatic carbocycles. The van der Waals surface area contributed by atoms with Crippen molar-refractivity contribution >= 4 is 33.4 Å². The Hall–Kier alpha value is -1.84. The summed E-state index contributed by atoms with van der Waals surface area (Å²) >= 11 is 2.94. The summed E-state index contributed by atoms with van der Waals surface area (Å²) in [6.45, 7) is -1.72. The van der Waals surface area contributed by atoms with Crippen LogP contribution >= 0.6 is 15.9 Å². The number of alkyl halides is 3. The van der Waals surface area contributed by atoms with Crippen LogP contribution in [0.15, 0.2) is 22.7 Å². The fraction of sp³-hybridized carbons (Fsp3) is 0.222. The zero-order valence-corrected chi connectivity index (χ0v) is 10.6. The summed E-state index contributed by atoms with van der Waals surface area (Å²) in [5.74, 6) is 0. The molecule has 0 bridgehead atoms. The summed E-state index contributed by atoms with van der Waals surface area (Å²) in [4.78, 5) is 20.8. The quantitative estimate of drug-likeness (QED) is 0.673. The molecule has 6 nitrogen and oxygen atoms in total. The van der Waals surface area contributed by atoms with Crippen LogP contribution in [-0.2, 0) is 4.74 Å². The number of rotatable bonds is 3. The van der Waals surface area contributed by atoms with Gasteiger partial charge in [0.2, 0.25) is 0 Å². The van der Waals surface area contributed by atoms with Crippen LogP contribution in [0.3, 0.4) is 0 Å². The number of nitro groups is 1. The number of non-ortho nitro benzene ring substituents is 1. The predicted octanol–water partition coefficient (Wildman–Crippen LogP) is 3.47. The van der Waals surface area contributed by atoms with Gasteiger partial charge in [0.15, 0.2) is 6.61 Å². The topological polar surface area (TPSA) is 81.5 Å². The summed E-state index contributed by atoms with van der Waals surface area (Å²) in [5.41, 5.74) is -0.182. The number of ether oxygens (including phenoxy) is 1. The van der Waals surface area contributed by atoms with Crippen LogP contribution in [0.4, 0.5) is 29.3 Å². The van der Waals surface area contributed by atoms with E-state index in [4.69, 9.17) is 0 Å². The number of carbonyl (C=O) groups excluding carboxylic acids is 1. The number of benzene rings is 1. The molecule has 0 aliphatic rings. The van der Waals surface area contributed by atoms with Gasteiger partial charge in [-0.25, -0.2) is 4.79 Å². The van der Waals surface area contributed by atoms with Crippen molar-refractivity contribution in [1.82, 2.24) is 0 Å². The fourth-order valence-corrected chi connectivity index (χ4v) is 1.48. The smallest absolute Gasteiger partial charge is 0.422 e. The maximum absolute atomic E-state index is 11.8. The molecule has 0 spiro atoms. The molecule has 0 saturated heterocycles. The van der Waals surface area contributed by atoms with Crippen molar-refractivity contribution in [3.8, 4) is 0 Å². The average molecular weight is 343 g/mol. The van der Waals surface area contributed by atoms with Crippen molar-refractivity contribution in [2.24, 2.45) is 0 Å². The molecule has 10 heteroatoms. The molecule has 0 aromatic heterocycles. The Bertz CT molecular complexity index is 507. The van der Waals surface area contributed by atoms with E-state index in [-0.39, 0.29) is 15.8 Å². The minimum Gasteiger partial charge on any atom is -0.440 e. The molecular weight excluding hydrogens is 337 g/mol. The Labute approximate surface area is 112 Å². The van der Waals surface area contributed by atoms with E-state index in [1.54, 1.807) is 0 Å². The van der Waals surface area contributed by atoms with Gasteiger partial charge in [-0.15, -0.1) is 0 Å². The van der Waals surface area contributed by atoms with E-state index in [1.165, 1.54) is 0 Å². The minimum absolute atomic E-state index is 0.0535. The average Bonchev–Trinajstić information content (AvgIpc) is 2.28. The van der Waals surface area contributed by atoms with Gasteiger partial charge in [0.25, 0.3) is 5.69 Å². The monoisotopic (exact) mass is 342 g/mol. The summed E-state index contributed by atoms with van der Waals surface area (Å²) in [6, 6.07) is 3.35. The van der Waals surface area contributed by atoms with Gasteiger partial charge >= 0.3 is 12.3 Å². The van der Waals surface area contributed by atoms with Crippen molar-refractivity contribution in [3.05, 3.63) is 32.8 Å². The third-order valence-electron chi connectivity index (χ3n) is 1.77. The van der Waals surface area contributed by atoms with Gasteiger partial charge in [-0.2, -0.15) is 13.2 Å². The first-order valence-corrected chi connectivity index (χ1v) is 5.43. The molecule has 1 aromatic rings. The first-order valence-electron chi connectivity index (χ1n) is 4.63. The van der Waals surface area contributed by atoms with Crippen LogP contribution in [0.2, 0.25) is 0 Å². The van der Waals surface area contributed by atoms with Crippen LogP contribution in [-0.4, -0.2) is 23.8 Å². The maximum atomic E-state index is 11.8. The van der Waals surface area contributed by atoms with Crippen molar-refractivity contribution in [2.75, 3.05) is 11.9 Å². The Kier molecular flexibility index (Phi) is 4.70. The van der Waals surface area contributed by atoms with Gasteiger partial charge in [0.1, 0.15) is 0 Å². The molecule has 1 amide bonds. The SMILES string of the molecule is O=C(Nc1ccc([N+](=O)[O-])cc1Br)OCC(F)(F)F. The molecular formula is C9H6BrF3N2O4. The van der Waals surface area contributed by atoms with Crippen molar-refractivity contribution in [2.45, 2.75) is 6.18 Å². The van der Waals surface area contributed by atoms with E-state index in [0.29, 0.717) is 0 Å². The second kappa shape index (κ2) is 5.87. The highest BCUT2D eigenvalue weighted by Gasteiger charge is 2.29. The van der Waals surface area contributed by atoms with Gasteiger partial charge in [0.05, 0.1) is 10.6 Å². The molecule has 1 N–H and O–H groups in total. The zero-order chi connectivity index (χ0) is 14.6. The van der Waals surface area contributed by atoms with Gasteiger partial charge in [-0.3, -0.25) is 15.4 Å². The molecule has 0 aliphatic heterocycles. The highest BCUT2D eigenvalue weighted by atomic mass is 79.9. The fourth-order valence-electron chi connectivity index (χ4n) is 1.01. The lowest BCUT2D eigenvalue weighted by Crippen LogP contribution is -2.23. The normalized spacial score (nSPS) is 10.9. The van der Waals surface area contributed by atoms with E-state index in [0.717, 1.165) is 18.2 Å². The molecule has 0 radical (unpaired) electrons. The van der Waals surface area contributed by atoms with Gasteiger partial charge in [0, 0.05) is 16.6 Å². The largest absolute Gasteiger partial charge is 0.440 e. The maximum Gasteiger partial charge on any atom is 0.422 e. The minimum atomic E-state index is -4.62. The molecule has 0 unspecified atom stereocenters. The molecule has 0 aliphatic carbocycles. The van der Waals surface area contributed by atoms with Crippen LogP contribution in [0.5, 0.6) is 0 Å². The van der Waals surface area contributed by atoms with Crippen LogP contribution in [0.25, 0.3) is 0 Å². The Morgan fingerprint density at radius 2 is 2.11 bits per heavy atom. The van der Waals surface area contributed by atoms with E-state index in [2.05, 4.69) is 20.7 Å². The van der Waals surface area contributed by atoms with Crippen molar-refractivity contribution < 1.29 is 27.6 Å². The van der Waals surface area contributed by atoms with Crippen LogP contribution in [0.1, 0.15) is 0 Å². The van der Waals surface area contributed by atoms with Gasteiger partial charge in [-0.05, 0) is 22.0 Å². The van der Waals surface area contributed by atoms with E-state index >= 15 is 0 Å². The lowest BCUT2D eigenvalue weighted by Gasteiger charge is -2.10. The van der Waals surface area contributed by atoms with E-state index in [1.807, 2.05) is 5.32 Å². The van der Waals surface area contributed by atoms with Crippen LogP contribution < -0.4 is 5.32 Å². The second-order valence-corrected chi connectivity index (χ2v) is 4.09. The standard InChI is InChI=1S/C9H6BrF3N2O4/c10-6-3-5(15(17)18)1-2-7(6)14-8(16)19-4-9(11,12)13/h1-3H,4H2,(H,14,16). The third kappa shape index (κ3) is 5.12. The molecule has 0 saturated carbocycles. The Balaban J connectivity index is 2.67. The van der Waals surface area contributed by atoms with Crippen molar-refractivity contribution in [3.63, 3.8) is 0 Å². The lowest BCUT2D eigenvalue weighted by molar-refractivity contribution is -0.384. The summed E-state index contributed by atoms with van der Waals surface area (Å²) in [5, 5.41) is 12.5. The first kappa shape index (κ1) is 15.2. The Morgan fingerprint density at radius 3 is 2.58 bits per heavy atom.